The third-order valence-electron chi connectivity index (χ3n) is 3.39. The lowest BCUT2D eigenvalue weighted by atomic mass is 10.1. The lowest BCUT2D eigenvalue weighted by molar-refractivity contribution is -0.137. The van der Waals surface area contributed by atoms with Crippen molar-refractivity contribution >= 4 is 27.8 Å². The lowest BCUT2D eigenvalue weighted by Gasteiger charge is -2.21. The molecule has 0 unspecified atom stereocenters. The molecule has 0 radical (unpaired) electrons. The number of carboxylic acids is 1. The molecule has 2 aromatic rings. The summed E-state index contributed by atoms with van der Waals surface area (Å²) in [5.74, 6) is -1.41. The number of rotatable bonds is 5. The number of hydrogen-bond donors (Lipinski definition) is 1. The van der Waals surface area contributed by atoms with Crippen LogP contribution >= 0.6 is 15.9 Å². The highest BCUT2D eigenvalue weighted by Gasteiger charge is 2.22. The number of carboxylic acid groups (broad SMARTS) is 1. The van der Waals surface area contributed by atoms with E-state index in [4.69, 9.17) is 5.11 Å². The average molecular weight is 394 g/mol. The van der Waals surface area contributed by atoms with Crippen molar-refractivity contribution in [3.05, 3.63) is 52.3 Å². The average Bonchev–Trinajstić information content (AvgIpc) is 2.95. The quantitative estimate of drug-likeness (QED) is 0.846. The van der Waals surface area contributed by atoms with Crippen molar-refractivity contribution in [2.45, 2.75) is 32.9 Å². The van der Waals surface area contributed by atoms with E-state index in [9.17, 15) is 9.59 Å². The van der Waals surface area contributed by atoms with E-state index in [-0.39, 0.29) is 24.5 Å². The monoisotopic (exact) mass is 393 g/mol. The topological polar surface area (TPSA) is 75.4 Å². The van der Waals surface area contributed by atoms with Crippen molar-refractivity contribution < 1.29 is 14.7 Å². The van der Waals surface area contributed by atoms with Gasteiger partial charge in [0.15, 0.2) is 0 Å². The van der Waals surface area contributed by atoms with Crippen molar-refractivity contribution in [3.8, 4) is 0 Å². The molecule has 0 saturated carbocycles. The maximum atomic E-state index is 12.7. The molecule has 0 aliphatic rings. The molecule has 0 spiro atoms. The van der Waals surface area contributed by atoms with Crippen LogP contribution in [-0.4, -0.2) is 38.2 Å². The van der Waals surface area contributed by atoms with Crippen molar-refractivity contribution in [2.24, 2.45) is 0 Å². The minimum atomic E-state index is -1.05. The second kappa shape index (κ2) is 7.17. The summed E-state index contributed by atoms with van der Waals surface area (Å²) in [4.78, 5) is 25.2. The molecule has 1 heterocycles. The molecule has 6 nitrogen and oxygen atoms in total. The summed E-state index contributed by atoms with van der Waals surface area (Å²) >= 11 is 3.38. The van der Waals surface area contributed by atoms with Crippen LogP contribution < -0.4 is 0 Å². The number of aromatic nitrogens is 2. The summed E-state index contributed by atoms with van der Waals surface area (Å²) in [6.07, 6.45) is 3.13. The maximum Gasteiger partial charge on any atom is 0.323 e. The van der Waals surface area contributed by atoms with Crippen LogP contribution in [0.4, 0.5) is 0 Å². The molecule has 0 aliphatic carbocycles. The first-order chi connectivity index (χ1) is 11.2. The van der Waals surface area contributed by atoms with Gasteiger partial charge in [-0.3, -0.25) is 14.3 Å². The van der Waals surface area contributed by atoms with Crippen LogP contribution in [0.3, 0.4) is 0 Å². The van der Waals surface area contributed by atoms with E-state index < -0.39 is 5.97 Å². The van der Waals surface area contributed by atoms with Gasteiger partial charge in [-0.1, -0.05) is 28.1 Å². The lowest BCUT2D eigenvalue weighted by Crippen LogP contribution is -2.35. The molecule has 1 aromatic carbocycles. The zero-order valence-corrected chi connectivity index (χ0v) is 15.4. The van der Waals surface area contributed by atoms with Crippen LogP contribution in [0.5, 0.6) is 0 Å². The van der Waals surface area contributed by atoms with Gasteiger partial charge in [-0.25, -0.2) is 0 Å². The molecule has 1 N–H and O–H groups in total. The molecule has 128 valence electrons. The zero-order chi connectivity index (χ0) is 17.9. The van der Waals surface area contributed by atoms with E-state index in [1.54, 1.807) is 10.9 Å². The first-order valence-electron chi connectivity index (χ1n) is 7.47. The maximum absolute atomic E-state index is 12.7. The Morgan fingerprint density at radius 1 is 1.33 bits per heavy atom. The van der Waals surface area contributed by atoms with Gasteiger partial charge in [0, 0.05) is 17.2 Å². The summed E-state index contributed by atoms with van der Waals surface area (Å²) in [5, 5.41) is 13.3. The standard InChI is InChI=1S/C17H20BrN3O3/c1-17(2,3)21-10-13(8-19-21)16(24)20(11-15(22)23)9-12-5-4-6-14(18)7-12/h4-8,10H,9,11H2,1-3H3,(H,22,23). The molecule has 0 bridgehead atoms. The largest absolute Gasteiger partial charge is 0.480 e. The molecule has 2 rings (SSSR count). The fourth-order valence-electron chi connectivity index (χ4n) is 2.20. The van der Waals surface area contributed by atoms with Gasteiger partial charge in [0.2, 0.25) is 0 Å². The molecule has 0 fully saturated rings. The smallest absolute Gasteiger partial charge is 0.323 e. The molecule has 0 atom stereocenters. The molecule has 1 amide bonds. The fraction of sp³-hybridized carbons (Fsp3) is 0.353. The second-order valence-electron chi connectivity index (χ2n) is 6.53. The number of carbonyl (C=O) groups is 2. The Labute approximate surface area is 149 Å². The normalized spacial score (nSPS) is 11.3. The van der Waals surface area contributed by atoms with Gasteiger partial charge in [-0.15, -0.1) is 0 Å². The van der Waals surface area contributed by atoms with Crippen LogP contribution in [0.1, 0.15) is 36.7 Å². The van der Waals surface area contributed by atoms with Gasteiger partial charge in [0.05, 0.1) is 17.3 Å². The Hall–Kier alpha value is -2.15. The van der Waals surface area contributed by atoms with Gasteiger partial charge < -0.3 is 10.0 Å². The Morgan fingerprint density at radius 2 is 2.04 bits per heavy atom. The zero-order valence-electron chi connectivity index (χ0n) is 13.9. The van der Waals surface area contributed by atoms with Crippen LogP contribution in [0.2, 0.25) is 0 Å². The van der Waals surface area contributed by atoms with E-state index in [2.05, 4.69) is 21.0 Å². The number of aliphatic carboxylic acids is 1. The molecule has 1 aromatic heterocycles. The van der Waals surface area contributed by atoms with Crippen molar-refractivity contribution in [3.63, 3.8) is 0 Å². The van der Waals surface area contributed by atoms with Gasteiger partial charge in [-0.05, 0) is 38.5 Å². The Kier molecular flexibility index (Phi) is 5.43. The molecule has 0 aliphatic heterocycles. The first kappa shape index (κ1) is 18.2. The minimum absolute atomic E-state index is 0.214. The predicted octanol–water partition coefficient (Wildman–Crippen LogP) is 3.13. The third-order valence-corrected chi connectivity index (χ3v) is 3.89. The summed E-state index contributed by atoms with van der Waals surface area (Å²) in [6, 6.07) is 7.44. The number of amides is 1. The van der Waals surface area contributed by atoms with E-state index in [0.717, 1.165) is 10.0 Å². The van der Waals surface area contributed by atoms with E-state index in [1.807, 2.05) is 45.0 Å². The second-order valence-corrected chi connectivity index (χ2v) is 7.44. The predicted molar refractivity (Wildman–Crippen MR) is 93.7 cm³/mol. The van der Waals surface area contributed by atoms with Crippen molar-refractivity contribution in [1.29, 1.82) is 0 Å². The molecular formula is C17H20BrN3O3. The number of hydrogen-bond acceptors (Lipinski definition) is 3. The van der Waals surface area contributed by atoms with Crippen LogP contribution in [0.15, 0.2) is 41.1 Å². The summed E-state index contributed by atoms with van der Waals surface area (Å²) in [7, 11) is 0. The van der Waals surface area contributed by atoms with Gasteiger partial charge in [0.1, 0.15) is 6.54 Å². The van der Waals surface area contributed by atoms with Crippen LogP contribution in [0.25, 0.3) is 0 Å². The number of carbonyl (C=O) groups excluding carboxylic acids is 1. The summed E-state index contributed by atoms with van der Waals surface area (Å²) in [5.41, 5.74) is 0.976. The molecule has 7 heteroatoms. The fourth-order valence-corrected chi connectivity index (χ4v) is 2.65. The van der Waals surface area contributed by atoms with E-state index in [0.29, 0.717) is 5.56 Å². The summed E-state index contributed by atoms with van der Waals surface area (Å²) < 4.78 is 2.57. The molecule has 0 saturated heterocycles. The summed E-state index contributed by atoms with van der Waals surface area (Å²) in [6.45, 7) is 5.78. The van der Waals surface area contributed by atoms with E-state index >= 15 is 0 Å². The third kappa shape index (κ3) is 4.67. The number of benzene rings is 1. The Morgan fingerprint density at radius 3 is 2.58 bits per heavy atom. The highest BCUT2D eigenvalue weighted by atomic mass is 79.9. The Balaban J connectivity index is 2.25. The van der Waals surface area contributed by atoms with Crippen molar-refractivity contribution in [1.82, 2.24) is 14.7 Å². The first-order valence-corrected chi connectivity index (χ1v) is 8.27. The van der Waals surface area contributed by atoms with Crippen LogP contribution in [0, 0.1) is 0 Å². The minimum Gasteiger partial charge on any atom is -0.480 e. The van der Waals surface area contributed by atoms with E-state index in [1.165, 1.54) is 11.1 Å². The number of halogens is 1. The van der Waals surface area contributed by atoms with Gasteiger partial charge in [-0.2, -0.15) is 5.10 Å². The van der Waals surface area contributed by atoms with Crippen molar-refractivity contribution in [2.75, 3.05) is 6.54 Å². The van der Waals surface area contributed by atoms with Gasteiger partial charge >= 0.3 is 5.97 Å². The highest BCUT2D eigenvalue weighted by Crippen LogP contribution is 2.17. The van der Waals surface area contributed by atoms with Crippen LogP contribution in [-0.2, 0) is 16.9 Å². The molecular weight excluding hydrogens is 374 g/mol. The molecule has 24 heavy (non-hydrogen) atoms. The SMILES string of the molecule is CC(C)(C)n1cc(C(=O)N(CC(=O)O)Cc2cccc(Br)c2)cn1. The van der Waals surface area contributed by atoms with Gasteiger partial charge in [0.25, 0.3) is 5.91 Å². The Bertz CT molecular complexity index is 750. The number of nitrogens with zero attached hydrogens (tertiary/aromatic N) is 3. The highest BCUT2D eigenvalue weighted by molar-refractivity contribution is 9.10.